The summed E-state index contributed by atoms with van der Waals surface area (Å²) in [6.45, 7) is 7.74. The molecule has 3 aliphatic rings. The number of piperidine rings is 1. The zero-order chi connectivity index (χ0) is 11.0. The second-order valence-electron chi connectivity index (χ2n) is 6.40. The largest absolute Gasteiger partial charge is 0.314 e. The molecule has 16 heavy (non-hydrogen) atoms. The lowest BCUT2D eigenvalue weighted by Gasteiger charge is -2.32. The van der Waals surface area contributed by atoms with Gasteiger partial charge in [0.25, 0.3) is 0 Å². The Kier molecular flexibility index (Phi) is 3.21. The standard InChI is InChI=1S/C14H26N2/c1-11-8-13(11)9-15-14-4-6-16(7-5-14)10-12-2-3-12/h11-15H,2-10H2,1H3. The van der Waals surface area contributed by atoms with Crippen molar-refractivity contribution in [2.24, 2.45) is 17.8 Å². The van der Waals surface area contributed by atoms with Crippen molar-refractivity contribution >= 4 is 0 Å². The molecule has 2 unspecified atom stereocenters. The lowest BCUT2D eigenvalue weighted by Crippen LogP contribution is -2.43. The molecule has 0 aromatic rings. The van der Waals surface area contributed by atoms with E-state index in [2.05, 4.69) is 17.1 Å². The second-order valence-corrected chi connectivity index (χ2v) is 6.40. The Morgan fingerprint density at radius 2 is 1.81 bits per heavy atom. The van der Waals surface area contributed by atoms with Crippen molar-refractivity contribution in [3.63, 3.8) is 0 Å². The zero-order valence-electron chi connectivity index (χ0n) is 10.6. The van der Waals surface area contributed by atoms with Crippen molar-refractivity contribution in [2.45, 2.75) is 45.1 Å². The first kappa shape index (κ1) is 11.0. The summed E-state index contributed by atoms with van der Waals surface area (Å²) >= 11 is 0. The topological polar surface area (TPSA) is 15.3 Å². The van der Waals surface area contributed by atoms with Crippen LogP contribution in [0.5, 0.6) is 0 Å². The Bertz CT molecular complexity index is 229. The summed E-state index contributed by atoms with van der Waals surface area (Å²) in [6.07, 6.45) is 7.23. The molecule has 1 saturated heterocycles. The van der Waals surface area contributed by atoms with Crippen LogP contribution < -0.4 is 5.32 Å². The third-order valence-corrected chi connectivity index (χ3v) is 4.75. The summed E-state index contributed by atoms with van der Waals surface area (Å²) in [5, 5.41) is 3.78. The molecule has 2 aliphatic carbocycles. The van der Waals surface area contributed by atoms with Crippen molar-refractivity contribution in [2.75, 3.05) is 26.2 Å². The maximum atomic E-state index is 3.78. The molecule has 1 aliphatic heterocycles. The Labute approximate surface area is 99.8 Å². The van der Waals surface area contributed by atoms with E-state index in [1.54, 1.807) is 0 Å². The fourth-order valence-corrected chi connectivity index (χ4v) is 2.99. The van der Waals surface area contributed by atoms with Crippen LogP contribution in [-0.2, 0) is 0 Å². The Balaban J connectivity index is 1.30. The zero-order valence-corrected chi connectivity index (χ0v) is 10.6. The highest BCUT2D eigenvalue weighted by Gasteiger charge is 2.33. The van der Waals surface area contributed by atoms with Crippen molar-refractivity contribution in [1.82, 2.24) is 10.2 Å². The maximum absolute atomic E-state index is 3.78. The van der Waals surface area contributed by atoms with Crippen LogP contribution in [0.4, 0.5) is 0 Å². The molecule has 3 fully saturated rings. The molecular weight excluding hydrogens is 196 g/mol. The van der Waals surface area contributed by atoms with Gasteiger partial charge in [0.05, 0.1) is 0 Å². The van der Waals surface area contributed by atoms with Gasteiger partial charge in [0.15, 0.2) is 0 Å². The van der Waals surface area contributed by atoms with Gasteiger partial charge in [-0.2, -0.15) is 0 Å². The fraction of sp³-hybridized carbons (Fsp3) is 1.00. The highest BCUT2D eigenvalue weighted by atomic mass is 15.1. The molecule has 0 aromatic carbocycles. The minimum absolute atomic E-state index is 0.822. The minimum atomic E-state index is 0.822. The first-order valence-electron chi connectivity index (χ1n) is 7.27. The quantitative estimate of drug-likeness (QED) is 0.766. The van der Waals surface area contributed by atoms with E-state index in [0.717, 1.165) is 23.8 Å². The van der Waals surface area contributed by atoms with Gasteiger partial charge in [-0.1, -0.05) is 6.92 Å². The predicted octanol–water partition coefficient (Wildman–Crippen LogP) is 2.11. The van der Waals surface area contributed by atoms with Gasteiger partial charge in [-0.05, 0) is 69.5 Å². The van der Waals surface area contributed by atoms with Gasteiger partial charge in [0, 0.05) is 12.6 Å². The molecule has 2 heteroatoms. The molecule has 1 N–H and O–H groups in total. The second kappa shape index (κ2) is 4.66. The highest BCUT2D eigenvalue weighted by molar-refractivity contribution is 4.87. The van der Waals surface area contributed by atoms with Gasteiger partial charge < -0.3 is 10.2 Å². The van der Waals surface area contributed by atoms with Gasteiger partial charge >= 0.3 is 0 Å². The van der Waals surface area contributed by atoms with E-state index in [1.165, 1.54) is 58.3 Å². The lowest BCUT2D eigenvalue weighted by molar-refractivity contribution is 0.190. The van der Waals surface area contributed by atoms with Gasteiger partial charge in [-0.25, -0.2) is 0 Å². The number of nitrogens with zero attached hydrogens (tertiary/aromatic N) is 1. The van der Waals surface area contributed by atoms with Crippen LogP contribution in [0.15, 0.2) is 0 Å². The van der Waals surface area contributed by atoms with Gasteiger partial charge in [0.2, 0.25) is 0 Å². The first-order valence-corrected chi connectivity index (χ1v) is 7.27. The summed E-state index contributed by atoms with van der Waals surface area (Å²) < 4.78 is 0. The number of likely N-dealkylation sites (tertiary alicyclic amines) is 1. The summed E-state index contributed by atoms with van der Waals surface area (Å²) in [7, 11) is 0. The molecular formula is C14H26N2. The minimum Gasteiger partial charge on any atom is -0.314 e. The smallest absolute Gasteiger partial charge is 0.00915 e. The van der Waals surface area contributed by atoms with E-state index in [9.17, 15) is 0 Å². The molecule has 2 atom stereocenters. The molecule has 1 heterocycles. The Hall–Kier alpha value is -0.0800. The van der Waals surface area contributed by atoms with Gasteiger partial charge in [0.1, 0.15) is 0 Å². The number of rotatable bonds is 5. The average molecular weight is 222 g/mol. The molecule has 2 saturated carbocycles. The summed E-state index contributed by atoms with van der Waals surface area (Å²) in [6, 6.07) is 0.822. The van der Waals surface area contributed by atoms with Crippen LogP contribution in [0.3, 0.4) is 0 Å². The molecule has 3 rings (SSSR count). The normalized spacial score (nSPS) is 36.6. The van der Waals surface area contributed by atoms with E-state index in [0.29, 0.717) is 0 Å². The van der Waals surface area contributed by atoms with E-state index in [-0.39, 0.29) is 0 Å². The third kappa shape index (κ3) is 2.98. The predicted molar refractivity (Wildman–Crippen MR) is 67.5 cm³/mol. The molecule has 0 aromatic heterocycles. The van der Waals surface area contributed by atoms with Crippen LogP contribution >= 0.6 is 0 Å². The third-order valence-electron chi connectivity index (χ3n) is 4.75. The molecule has 0 spiro atoms. The van der Waals surface area contributed by atoms with Gasteiger partial charge in [-0.3, -0.25) is 0 Å². The Morgan fingerprint density at radius 1 is 1.12 bits per heavy atom. The van der Waals surface area contributed by atoms with Crippen LogP contribution in [-0.4, -0.2) is 37.1 Å². The maximum Gasteiger partial charge on any atom is 0.00915 e. The Morgan fingerprint density at radius 3 is 2.38 bits per heavy atom. The number of nitrogens with one attached hydrogen (secondary N) is 1. The van der Waals surface area contributed by atoms with Crippen molar-refractivity contribution in [1.29, 1.82) is 0 Å². The lowest BCUT2D eigenvalue weighted by atomic mass is 10.0. The molecule has 92 valence electrons. The van der Waals surface area contributed by atoms with Crippen LogP contribution in [0, 0.1) is 17.8 Å². The molecule has 0 bridgehead atoms. The SMILES string of the molecule is CC1CC1CNC1CCN(CC2CC2)CC1. The van der Waals surface area contributed by atoms with E-state index >= 15 is 0 Å². The average Bonchev–Trinajstić information content (AvgIpc) is 3.18. The van der Waals surface area contributed by atoms with E-state index in [1.807, 2.05) is 0 Å². The van der Waals surface area contributed by atoms with Crippen molar-refractivity contribution < 1.29 is 0 Å². The first-order chi connectivity index (χ1) is 7.81. The molecule has 0 amide bonds. The number of hydrogen-bond acceptors (Lipinski definition) is 2. The van der Waals surface area contributed by atoms with Crippen LogP contribution in [0.25, 0.3) is 0 Å². The summed E-state index contributed by atoms with van der Waals surface area (Å²) in [5.41, 5.74) is 0. The van der Waals surface area contributed by atoms with E-state index in [4.69, 9.17) is 0 Å². The van der Waals surface area contributed by atoms with Crippen molar-refractivity contribution in [3.8, 4) is 0 Å². The van der Waals surface area contributed by atoms with Crippen molar-refractivity contribution in [3.05, 3.63) is 0 Å². The van der Waals surface area contributed by atoms with Gasteiger partial charge in [-0.15, -0.1) is 0 Å². The highest BCUT2D eigenvalue weighted by Crippen LogP contribution is 2.37. The fourth-order valence-electron chi connectivity index (χ4n) is 2.99. The summed E-state index contributed by atoms with van der Waals surface area (Å²) in [5.74, 6) is 3.07. The summed E-state index contributed by atoms with van der Waals surface area (Å²) in [4.78, 5) is 2.69. The van der Waals surface area contributed by atoms with E-state index < -0.39 is 0 Å². The monoisotopic (exact) mass is 222 g/mol. The number of hydrogen-bond donors (Lipinski definition) is 1. The molecule has 2 nitrogen and oxygen atoms in total. The molecule has 0 radical (unpaired) electrons. The van der Waals surface area contributed by atoms with Crippen LogP contribution in [0.1, 0.15) is 39.0 Å². The van der Waals surface area contributed by atoms with Crippen LogP contribution in [0.2, 0.25) is 0 Å².